The van der Waals surface area contributed by atoms with Crippen molar-refractivity contribution in [3.8, 4) is 5.75 Å². The van der Waals surface area contributed by atoms with Crippen molar-refractivity contribution in [2.45, 2.75) is 19.3 Å². The number of amides is 2. The molecule has 128 valence electrons. The largest absolute Gasteiger partial charge is 0.484 e. The van der Waals surface area contributed by atoms with Crippen molar-refractivity contribution in [2.24, 2.45) is 5.92 Å². The van der Waals surface area contributed by atoms with Gasteiger partial charge in [-0.1, -0.05) is 6.07 Å². The normalized spacial score (nSPS) is 12.9. The number of anilines is 1. The maximum atomic E-state index is 11.7. The monoisotopic (exact) mass is 341 g/mol. The van der Waals surface area contributed by atoms with Gasteiger partial charge in [0.05, 0.1) is 0 Å². The van der Waals surface area contributed by atoms with Crippen LogP contribution < -0.4 is 20.7 Å². The summed E-state index contributed by atoms with van der Waals surface area (Å²) in [7, 11) is 1.87. The van der Waals surface area contributed by atoms with Gasteiger partial charge in [-0.15, -0.1) is 12.4 Å². The molecule has 1 aliphatic rings. The second kappa shape index (κ2) is 10.1. The van der Waals surface area contributed by atoms with E-state index in [9.17, 15) is 9.59 Å². The van der Waals surface area contributed by atoms with E-state index >= 15 is 0 Å². The number of nitrogens with one attached hydrogen (secondary N) is 3. The van der Waals surface area contributed by atoms with Crippen LogP contribution in [0.25, 0.3) is 0 Å². The molecule has 0 saturated heterocycles. The Labute approximate surface area is 142 Å². The Kier molecular flexibility index (Phi) is 8.43. The van der Waals surface area contributed by atoms with E-state index in [0.717, 1.165) is 25.8 Å². The Balaban J connectivity index is 0.00000264. The fourth-order valence-corrected chi connectivity index (χ4v) is 1.95. The van der Waals surface area contributed by atoms with Gasteiger partial charge in [0.1, 0.15) is 5.75 Å². The summed E-state index contributed by atoms with van der Waals surface area (Å²) in [6, 6.07) is 7.10. The van der Waals surface area contributed by atoms with Crippen LogP contribution in [0.2, 0.25) is 0 Å². The van der Waals surface area contributed by atoms with E-state index in [1.807, 2.05) is 13.1 Å². The molecule has 3 N–H and O–H groups in total. The fourth-order valence-electron chi connectivity index (χ4n) is 1.95. The first-order valence-electron chi connectivity index (χ1n) is 7.64. The second-order valence-electron chi connectivity index (χ2n) is 5.39. The average Bonchev–Trinajstić information content (AvgIpc) is 3.35. The molecule has 0 aliphatic heterocycles. The molecule has 1 aromatic rings. The molecule has 0 atom stereocenters. The Morgan fingerprint density at radius 2 is 2.04 bits per heavy atom. The summed E-state index contributed by atoms with van der Waals surface area (Å²) in [5.74, 6) is 0.634. The zero-order valence-corrected chi connectivity index (χ0v) is 14.1. The van der Waals surface area contributed by atoms with Gasteiger partial charge in [-0.3, -0.25) is 9.59 Å². The van der Waals surface area contributed by atoms with Crippen molar-refractivity contribution in [2.75, 3.05) is 32.1 Å². The summed E-state index contributed by atoms with van der Waals surface area (Å²) in [5, 5.41) is 8.65. The lowest BCUT2D eigenvalue weighted by atomic mass is 10.3. The number of rotatable bonds is 9. The van der Waals surface area contributed by atoms with Crippen LogP contribution in [0.3, 0.4) is 0 Å². The molecule has 0 heterocycles. The minimum absolute atomic E-state index is 0. The van der Waals surface area contributed by atoms with Gasteiger partial charge in [-0.05, 0) is 45.0 Å². The molecule has 0 radical (unpaired) electrons. The Bertz CT molecular complexity index is 521. The number of halogens is 1. The zero-order chi connectivity index (χ0) is 15.8. The second-order valence-corrected chi connectivity index (χ2v) is 5.39. The molecule has 1 saturated carbocycles. The molecule has 1 aromatic carbocycles. The highest BCUT2D eigenvalue weighted by Crippen LogP contribution is 2.30. The highest BCUT2D eigenvalue weighted by atomic mass is 35.5. The maximum absolute atomic E-state index is 11.7. The summed E-state index contributed by atoms with van der Waals surface area (Å²) in [6.07, 6.45) is 2.82. The van der Waals surface area contributed by atoms with Crippen LogP contribution in [0.15, 0.2) is 24.3 Å². The van der Waals surface area contributed by atoms with E-state index in [4.69, 9.17) is 4.74 Å². The van der Waals surface area contributed by atoms with Crippen LogP contribution in [0, 0.1) is 5.92 Å². The minimum Gasteiger partial charge on any atom is -0.484 e. The first-order chi connectivity index (χ1) is 10.7. The van der Waals surface area contributed by atoms with Crippen molar-refractivity contribution < 1.29 is 14.3 Å². The van der Waals surface area contributed by atoms with Crippen LogP contribution in [0.4, 0.5) is 5.69 Å². The fraction of sp³-hybridized carbons (Fsp3) is 0.500. The minimum atomic E-state index is -0.150. The lowest BCUT2D eigenvalue weighted by molar-refractivity contribution is -0.123. The summed E-state index contributed by atoms with van der Waals surface area (Å²) in [6.45, 7) is 1.46. The third kappa shape index (κ3) is 7.34. The summed E-state index contributed by atoms with van der Waals surface area (Å²) in [4.78, 5) is 23.3. The molecular weight excluding hydrogens is 318 g/mol. The Morgan fingerprint density at radius 3 is 2.74 bits per heavy atom. The van der Waals surface area contributed by atoms with Crippen molar-refractivity contribution in [3.05, 3.63) is 24.3 Å². The maximum Gasteiger partial charge on any atom is 0.257 e. The number of hydrogen-bond acceptors (Lipinski definition) is 4. The average molecular weight is 342 g/mol. The van der Waals surface area contributed by atoms with Crippen LogP contribution >= 0.6 is 12.4 Å². The standard InChI is InChI=1S/C16H23N3O3.ClH/c1-17-8-3-9-18-15(20)11-22-14-5-2-4-13(10-14)19-16(21)12-6-7-12;/h2,4-5,10,12,17H,3,6-9,11H2,1H3,(H,18,20)(H,19,21);1H. The number of benzene rings is 1. The van der Waals surface area contributed by atoms with Gasteiger partial charge in [0, 0.05) is 24.2 Å². The van der Waals surface area contributed by atoms with E-state index in [0.29, 0.717) is 18.0 Å². The van der Waals surface area contributed by atoms with Crippen molar-refractivity contribution in [1.29, 1.82) is 0 Å². The molecule has 1 aliphatic carbocycles. The van der Waals surface area contributed by atoms with Crippen LogP contribution in [-0.2, 0) is 9.59 Å². The van der Waals surface area contributed by atoms with Gasteiger partial charge in [0.2, 0.25) is 5.91 Å². The van der Waals surface area contributed by atoms with E-state index in [1.165, 1.54) is 0 Å². The highest BCUT2D eigenvalue weighted by molar-refractivity contribution is 5.94. The molecule has 7 heteroatoms. The van der Waals surface area contributed by atoms with Crippen molar-refractivity contribution in [3.63, 3.8) is 0 Å². The zero-order valence-electron chi connectivity index (χ0n) is 13.3. The molecular formula is C16H24ClN3O3. The van der Waals surface area contributed by atoms with Gasteiger partial charge in [0.25, 0.3) is 5.91 Å². The highest BCUT2D eigenvalue weighted by Gasteiger charge is 2.29. The topological polar surface area (TPSA) is 79.5 Å². The van der Waals surface area contributed by atoms with E-state index in [2.05, 4.69) is 16.0 Å². The first kappa shape index (κ1) is 19.3. The molecule has 1 fully saturated rings. The lowest BCUT2D eigenvalue weighted by Gasteiger charge is -2.09. The van der Waals surface area contributed by atoms with E-state index in [1.54, 1.807) is 18.2 Å². The number of carbonyl (C=O) groups excluding carboxylic acids is 2. The number of ether oxygens (including phenoxy) is 1. The summed E-state index contributed by atoms with van der Waals surface area (Å²) in [5.41, 5.74) is 0.698. The van der Waals surface area contributed by atoms with Gasteiger partial charge in [-0.25, -0.2) is 0 Å². The predicted octanol–water partition coefficient (Wildman–Crippen LogP) is 1.56. The van der Waals surface area contributed by atoms with E-state index in [-0.39, 0.29) is 36.7 Å². The van der Waals surface area contributed by atoms with Gasteiger partial charge >= 0.3 is 0 Å². The van der Waals surface area contributed by atoms with E-state index < -0.39 is 0 Å². The van der Waals surface area contributed by atoms with Crippen LogP contribution in [0.1, 0.15) is 19.3 Å². The quantitative estimate of drug-likeness (QED) is 0.596. The Morgan fingerprint density at radius 1 is 1.26 bits per heavy atom. The predicted molar refractivity (Wildman–Crippen MR) is 92.1 cm³/mol. The number of hydrogen-bond donors (Lipinski definition) is 3. The molecule has 0 bridgehead atoms. The van der Waals surface area contributed by atoms with Gasteiger partial charge in [0.15, 0.2) is 6.61 Å². The molecule has 0 spiro atoms. The molecule has 6 nitrogen and oxygen atoms in total. The Hall–Kier alpha value is -1.79. The van der Waals surface area contributed by atoms with Crippen molar-refractivity contribution in [1.82, 2.24) is 10.6 Å². The van der Waals surface area contributed by atoms with Crippen LogP contribution in [0.5, 0.6) is 5.75 Å². The molecule has 0 aromatic heterocycles. The lowest BCUT2D eigenvalue weighted by Crippen LogP contribution is -2.30. The summed E-state index contributed by atoms with van der Waals surface area (Å²) >= 11 is 0. The van der Waals surface area contributed by atoms with Crippen molar-refractivity contribution >= 4 is 29.9 Å². The first-order valence-corrected chi connectivity index (χ1v) is 7.64. The molecule has 23 heavy (non-hydrogen) atoms. The third-order valence-corrected chi connectivity index (χ3v) is 3.35. The molecule has 0 unspecified atom stereocenters. The van der Waals surface area contributed by atoms with Gasteiger partial charge in [-0.2, -0.15) is 0 Å². The summed E-state index contributed by atoms with van der Waals surface area (Å²) < 4.78 is 5.44. The SMILES string of the molecule is CNCCCNC(=O)COc1cccc(NC(=O)C2CC2)c1.Cl. The smallest absolute Gasteiger partial charge is 0.257 e. The van der Waals surface area contributed by atoms with Crippen LogP contribution in [-0.4, -0.2) is 38.6 Å². The third-order valence-electron chi connectivity index (χ3n) is 3.35. The molecule has 2 amide bonds. The number of carbonyl (C=O) groups is 2. The molecule has 2 rings (SSSR count). The van der Waals surface area contributed by atoms with Gasteiger partial charge < -0.3 is 20.7 Å².